The summed E-state index contributed by atoms with van der Waals surface area (Å²) in [6, 6.07) is 2.95. The molecule has 0 atom stereocenters. The fraction of sp³-hybridized carbons (Fsp3) is 0.550. The molecule has 1 heterocycles. The van der Waals surface area contributed by atoms with Crippen molar-refractivity contribution >= 4 is 17.8 Å². The average molecular weight is 408 g/mol. The summed E-state index contributed by atoms with van der Waals surface area (Å²) in [6.45, 7) is 0.699. The van der Waals surface area contributed by atoms with Crippen molar-refractivity contribution in [1.82, 2.24) is 10.2 Å². The van der Waals surface area contributed by atoms with Gasteiger partial charge in [-0.3, -0.25) is 14.4 Å². The second-order valence-corrected chi connectivity index (χ2v) is 6.55. The first-order chi connectivity index (χ1) is 14.0. The van der Waals surface area contributed by atoms with E-state index in [0.29, 0.717) is 30.3 Å². The minimum Gasteiger partial charge on any atom is -0.493 e. The van der Waals surface area contributed by atoms with Gasteiger partial charge in [0.2, 0.25) is 5.75 Å². The van der Waals surface area contributed by atoms with Gasteiger partial charge in [0.1, 0.15) is 6.54 Å². The molecule has 1 aliphatic heterocycles. The number of amides is 2. The second kappa shape index (κ2) is 11.1. The molecular weight excluding hydrogens is 380 g/mol. The molecule has 9 nitrogen and oxygen atoms in total. The molecule has 9 heteroatoms. The normalized spacial score (nSPS) is 13.8. The summed E-state index contributed by atoms with van der Waals surface area (Å²) < 4.78 is 20.6. The van der Waals surface area contributed by atoms with Crippen LogP contribution in [-0.4, -0.2) is 70.3 Å². The molecule has 1 aromatic carbocycles. The van der Waals surface area contributed by atoms with Gasteiger partial charge in [-0.1, -0.05) is 12.8 Å². The maximum absolute atomic E-state index is 12.4. The van der Waals surface area contributed by atoms with Crippen LogP contribution in [0.4, 0.5) is 0 Å². The standard InChI is InChI=1S/C20H28N2O7/c1-26-15-10-14(11-16(27-2)19(15)28-3)20(25)21-12-18(24)29-13-17(23)22-8-6-4-5-7-9-22/h10-11H,4-9,12-13H2,1-3H3,(H,21,25). The Morgan fingerprint density at radius 2 is 1.52 bits per heavy atom. The molecule has 1 saturated heterocycles. The summed E-state index contributed by atoms with van der Waals surface area (Å²) in [5, 5.41) is 2.46. The lowest BCUT2D eigenvalue weighted by Gasteiger charge is -2.20. The van der Waals surface area contributed by atoms with Gasteiger partial charge >= 0.3 is 5.97 Å². The van der Waals surface area contributed by atoms with Gasteiger partial charge in [0.25, 0.3) is 11.8 Å². The number of hydrogen-bond donors (Lipinski definition) is 1. The molecule has 2 amide bonds. The monoisotopic (exact) mass is 408 g/mol. The van der Waals surface area contributed by atoms with Gasteiger partial charge in [-0.15, -0.1) is 0 Å². The molecule has 0 unspecified atom stereocenters. The maximum atomic E-state index is 12.4. The van der Waals surface area contributed by atoms with Crippen molar-refractivity contribution < 1.29 is 33.3 Å². The van der Waals surface area contributed by atoms with Crippen molar-refractivity contribution in [3.63, 3.8) is 0 Å². The Bertz CT molecular complexity index is 703. The van der Waals surface area contributed by atoms with E-state index in [0.717, 1.165) is 25.7 Å². The van der Waals surface area contributed by atoms with Crippen LogP contribution in [0, 0.1) is 0 Å². The van der Waals surface area contributed by atoms with E-state index in [9.17, 15) is 14.4 Å². The highest BCUT2D eigenvalue weighted by Crippen LogP contribution is 2.38. The van der Waals surface area contributed by atoms with Gasteiger partial charge in [-0.25, -0.2) is 0 Å². The summed E-state index contributed by atoms with van der Waals surface area (Å²) in [5.41, 5.74) is 0.230. The van der Waals surface area contributed by atoms with Crippen molar-refractivity contribution in [3.05, 3.63) is 17.7 Å². The topological polar surface area (TPSA) is 103 Å². The van der Waals surface area contributed by atoms with Crippen LogP contribution < -0.4 is 19.5 Å². The zero-order chi connectivity index (χ0) is 21.2. The number of methoxy groups -OCH3 is 3. The highest BCUT2D eigenvalue weighted by Gasteiger charge is 2.19. The van der Waals surface area contributed by atoms with Crippen LogP contribution in [0.1, 0.15) is 36.0 Å². The minimum absolute atomic E-state index is 0.212. The van der Waals surface area contributed by atoms with Crippen LogP contribution in [0.3, 0.4) is 0 Å². The zero-order valence-corrected chi connectivity index (χ0v) is 17.1. The Hall–Kier alpha value is -2.97. The van der Waals surface area contributed by atoms with Crippen molar-refractivity contribution in [2.45, 2.75) is 25.7 Å². The number of benzene rings is 1. The Morgan fingerprint density at radius 1 is 0.931 bits per heavy atom. The van der Waals surface area contributed by atoms with Crippen LogP contribution in [0.25, 0.3) is 0 Å². The van der Waals surface area contributed by atoms with E-state index in [2.05, 4.69) is 5.32 Å². The van der Waals surface area contributed by atoms with Crippen LogP contribution in [0.5, 0.6) is 17.2 Å². The lowest BCUT2D eigenvalue weighted by atomic mass is 10.1. The molecule has 0 radical (unpaired) electrons. The van der Waals surface area contributed by atoms with Gasteiger partial charge in [0.05, 0.1) is 21.3 Å². The third kappa shape index (κ3) is 6.27. The van der Waals surface area contributed by atoms with Gasteiger partial charge < -0.3 is 29.2 Å². The molecule has 1 aliphatic rings. The number of esters is 1. The third-order valence-corrected chi connectivity index (χ3v) is 4.64. The highest BCUT2D eigenvalue weighted by atomic mass is 16.5. The molecule has 1 N–H and O–H groups in total. The van der Waals surface area contributed by atoms with Crippen molar-refractivity contribution in [3.8, 4) is 17.2 Å². The highest BCUT2D eigenvalue weighted by molar-refractivity contribution is 5.97. The smallest absolute Gasteiger partial charge is 0.325 e. The molecule has 0 bridgehead atoms. The van der Waals surface area contributed by atoms with Crippen molar-refractivity contribution in [1.29, 1.82) is 0 Å². The quantitative estimate of drug-likeness (QED) is 0.648. The lowest BCUT2D eigenvalue weighted by Crippen LogP contribution is -2.37. The van der Waals surface area contributed by atoms with E-state index in [4.69, 9.17) is 18.9 Å². The predicted molar refractivity (Wildman–Crippen MR) is 104 cm³/mol. The molecule has 0 spiro atoms. The number of likely N-dealkylation sites (tertiary alicyclic amines) is 1. The number of carbonyl (C=O) groups is 3. The molecule has 1 aromatic rings. The average Bonchev–Trinajstić information content (AvgIpc) is 3.04. The van der Waals surface area contributed by atoms with E-state index >= 15 is 0 Å². The molecule has 29 heavy (non-hydrogen) atoms. The van der Waals surface area contributed by atoms with Crippen LogP contribution in [-0.2, 0) is 14.3 Å². The molecule has 0 aliphatic carbocycles. The van der Waals surface area contributed by atoms with E-state index in [1.165, 1.54) is 33.5 Å². The summed E-state index contributed by atoms with van der Waals surface area (Å²) >= 11 is 0. The third-order valence-electron chi connectivity index (χ3n) is 4.64. The lowest BCUT2D eigenvalue weighted by molar-refractivity contribution is -0.151. The zero-order valence-electron chi connectivity index (χ0n) is 17.1. The maximum Gasteiger partial charge on any atom is 0.325 e. The number of carbonyl (C=O) groups excluding carboxylic acids is 3. The Labute approximate surface area is 170 Å². The molecule has 2 rings (SSSR count). The Balaban J connectivity index is 1.86. The predicted octanol–water partition coefficient (Wildman–Crippen LogP) is 1.39. The van der Waals surface area contributed by atoms with Crippen LogP contribution in [0.2, 0.25) is 0 Å². The van der Waals surface area contributed by atoms with E-state index in [-0.39, 0.29) is 24.6 Å². The fourth-order valence-corrected chi connectivity index (χ4v) is 3.07. The number of ether oxygens (including phenoxy) is 4. The van der Waals surface area contributed by atoms with E-state index in [1.807, 2.05) is 0 Å². The van der Waals surface area contributed by atoms with Gasteiger partial charge in [0, 0.05) is 18.7 Å². The van der Waals surface area contributed by atoms with Crippen LogP contribution >= 0.6 is 0 Å². The second-order valence-electron chi connectivity index (χ2n) is 6.55. The largest absolute Gasteiger partial charge is 0.493 e. The van der Waals surface area contributed by atoms with Crippen LogP contribution in [0.15, 0.2) is 12.1 Å². The fourth-order valence-electron chi connectivity index (χ4n) is 3.07. The Kier molecular flexibility index (Phi) is 8.57. The van der Waals surface area contributed by atoms with E-state index in [1.54, 1.807) is 4.90 Å². The number of hydrogen-bond acceptors (Lipinski definition) is 7. The summed E-state index contributed by atoms with van der Waals surface area (Å²) in [7, 11) is 4.35. The first kappa shape index (κ1) is 22.3. The minimum atomic E-state index is -0.686. The first-order valence-electron chi connectivity index (χ1n) is 9.51. The summed E-state index contributed by atoms with van der Waals surface area (Å²) in [4.78, 5) is 38.1. The van der Waals surface area contributed by atoms with E-state index < -0.39 is 11.9 Å². The van der Waals surface area contributed by atoms with Crippen molar-refractivity contribution in [2.75, 3.05) is 47.6 Å². The molecular formula is C20H28N2O7. The SMILES string of the molecule is COc1cc(C(=O)NCC(=O)OCC(=O)N2CCCCCC2)cc(OC)c1OC. The number of nitrogens with one attached hydrogen (secondary N) is 1. The first-order valence-corrected chi connectivity index (χ1v) is 9.51. The van der Waals surface area contributed by atoms with Gasteiger partial charge in [-0.05, 0) is 25.0 Å². The molecule has 0 saturated carbocycles. The van der Waals surface area contributed by atoms with Gasteiger partial charge in [0.15, 0.2) is 18.1 Å². The van der Waals surface area contributed by atoms with Crippen molar-refractivity contribution in [2.24, 2.45) is 0 Å². The summed E-state index contributed by atoms with van der Waals surface area (Å²) in [6.07, 6.45) is 4.14. The number of rotatable bonds is 8. The molecule has 1 fully saturated rings. The molecule has 160 valence electrons. The summed E-state index contributed by atoms with van der Waals surface area (Å²) in [5.74, 6) is -0.409. The van der Waals surface area contributed by atoms with Gasteiger partial charge in [-0.2, -0.15) is 0 Å². The number of nitrogens with zero attached hydrogens (tertiary/aromatic N) is 1. The molecule has 0 aromatic heterocycles. The Morgan fingerprint density at radius 3 is 2.03 bits per heavy atom.